The van der Waals surface area contributed by atoms with Crippen molar-refractivity contribution in [3.8, 4) is 0 Å². The number of rotatable bonds is 5. The molecule has 1 heterocycles. The molecule has 3 rings (SSSR count). The molecule has 0 aromatic heterocycles. The van der Waals surface area contributed by atoms with Crippen LogP contribution in [0.1, 0.15) is 63.0 Å². The highest BCUT2D eigenvalue weighted by Gasteiger charge is 2.49. The fraction of sp³-hybridized carbons (Fsp3) is 0.652. The Kier molecular flexibility index (Phi) is 7.42. The lowest BCUT2D eigenvalue weighted by molar-refractivity contribution is -0.154. The molecule has 2 fully saturated rings. The molecule has 0 bridgehead atoms. The number of amides is 2. The van der Waals surface area contributed by atoms with Crippen LogP contribution in [-0.4, -0.2) is 60.4 Å². The van der Waals surface area contributed by atoms with Gasteiger partial charge in [0.25, 0.3) is 0 Å². The van der Waals surface area contributed by atoms with Gasteiger partial charge in [0.15, 0.2) is 0 Å². The third kappa shape index (κ3) is 5.86. The molecule has 1 N–H and O–H groups in total. The predicted molar refractivity (Wildman–Crippen MR) is 121 cm³/mol. The van der Waals surface area contributed by atoms with E-state index in [0.717, 1.165) is 47.4 Å². The second-order valence-electron chi connectivity index (χ2n) is 9.29. The van der Waals surface area contributed by atoms with E-state index in [-0.39, 0.29) is 37.5 Å². The van der Waals surface area contributed by atoms with Crippen molar-refractivity contribution >= 4 is 21.8 Å². The molecule has 2 aliphatic rings. The lowest BCUT2D eigenvalue weighted by atomic mass is 9.92. The zero-order valence-electron chi connectivity index (χ0n) is 18.9. The molecule has 2 amide bonds. The average molecular weight is 450 g/mol. The Labute approximate surface area is 186 Å². The summed E-state index contributed by atoms with van der Waals surface area (Å²) in [5.74, 6) is -0.626. The fourth-order valence-electron chi connectivity index (χ4n) is 4.51. The first-order valence-electron chi connectivity index (χ1n) is 11.2. The van der Waals surface area contributed by atoms with E-state index in [2.05, 4.69) is 5.32 Å². The number of piperazine rings is 1. The summed E-state index contributed by atoms with van der Waals surface area (Å²) in [4.78, 5) is 28.2. The first kappa shape index (κ1) is 23.7. The number of hydrogen-bond acceptors (Lipinski definition) is 4. The van der Waals surface area contributed by atoms with E-state index in [1.165, 1.54) is 19.3 Å². The minimum Gasteiger partial charge on any atom is -0.351 e. The van der Waals surface area contributed by atoms with Crippen LogP contribution < -0.4 is 5.32 Å². The van der Waals surface area contributed by atoms with Crippen molar-refractivity contribution in [2.24, 2.45) is 0 Å². The molecule has 8 heteroatoms. The summed E-state index contributed by atoms with van der Waals surface area (Å²) in [6, 6.07) is 7.89. The van der Waals surface area contributed by atoms with E-state index >= 15 is 0 Å². The lowest BCUT2D eigenvalue weighted by Crippen LogP contribution is -2.69. The number of carbonyl (C=O) groups excluding carboxylic acids is 2. The molecule has 1 atom stereocenters. The Hall–Kier alpha value is -1.93. The molecule has 1 saturated heterocycles. The fourth-order valence-corrected chi connectivity index (χ4v) is 5.34. The number of sulfonamides is 1. The van der Waals surface area contributed by atoms with Crippen molar-refractivity contribution in [2.45, 2.75) is 76.9 Å². The van der Waals surface area contributed by atoms with E-state index < -0.39 is 15.6 Å². The molecular weight excluding hydrogens is 414 g/mol. The number of hydrogen-bond donors (Lipinski definition) is 1. The maximum absolute atomic E-state index is 13.5. The van der Waals surface area contributed by atoms with Crippen molar-refractivity contribution in [2.75, 3.05) is 19.3 Å². The zero-order valence-corrected chi connectivity index (χ0v) is 19.7. The first-order chi connectivity index (χ1) is 14.6. The Morgan fingerprint density at radius 2 is 1.68 bits per heavy atom. The highest BCUT2D eigenvalue weighted by molar-refractivity contribution is 7.88. The molecule has 7 nitrogen and oxygen atoms in total. The van der Waals surface area contributed by atoms with Crippen molar-refractivity contribution in [3.05, 3.63) is 35.4 Å². The molecule has 1 unspecified atom stereocenters. The summed E-state index contributed by atoms with van der Waals surface area (Å²) in [6.07, 6.45) is 8.65. The van der Waals surface area contributed by atoms with Gasteiger partial charge in [0, 0.05) is 19.1 Å². The van der Waals surface area contributed by atoms with Crippen LogP contribution >= 0.6 is 0 Å². The molecule has 0 spiro atoms. The Balaban J connectivity index is 1.86. The van der Waals surface area contributed by atoms with Crippen LogP contribution in [0, 0.1) is 6.92 Å². The standard InChI is InChI=1S/C23H35N3O4S/c1-18-11-13-19(14-12-18)15-26-21(27)16-25(31(3,29)30)17-23(26,2)22(28)24-20-9-7-5-4-6-8-10-20/h11-14,20H,4-10,15-17H2,1-3H3,(H,24,28). The number of aryl methyl sites for hydroxylation is 1. The monoisotopic (exact) mass is 449 g/mol. The Morgan fingerprint density at radius 1 is 1.10 bits per heavy atom. The number of benzene rings is 1. The topological polar surface area (TPSA) is 86.8 Å². The van der Waals surface area contributed by atoms with Gasteiger partial charge in [-0.05, 0) is 32.3 Å². The van der Waals surface area contributed by atoms with Gasteiger partial charge in [0.2, 0.25) is 21.8 Å². The van der Waals surface area contributed by atoms with Crippen molar-refractivity contribution in [3.63, 3.8) is 0 Å². The minimum absolute atomic E-state index is 0.0397. The second kappa shape index (κ2) is 9.69. The SMILES string of the molecule is Cc1ccc(CN2C(=O)CN(S(C)(=O)=O)CC2(C)C(=O)NC2CCCCCCC2)cc1. The molecular formula is C23H35N3O4S. The maximum Gasteiger partial charge on any atom is 0.247 e. The third-order valence-corrected chi connectivity index (χ3v) is 7.75. The predicted octanol–water partition coefficient (Wildman–Crippen LogP) is 2.59. The van der Waals surface area contributed by atoms with Crippen LogP contribution in [0.5, 0.6) is 0 Å². The van der Waals surface area contributed by atoms with E-state index in [1.807, 2.05) is 31.2 Å². The molecule has 1 saturated carbocycles. The second-order valence-corrected chi connectivity index (χ2v) is 11.3. The van der Waals surface area contributed by atoms with Crippen LogP contribution in [0.15, 0.2) is 24.3 Å². The van der Waals surface area contributed by atoms with Crippen LogP contribution in [0.2, 0.25) is 0 Å². The van der Waals surface area contributed by atoms with E-state index in [1.54, 1.807) is 11.8 Å². The van der Waals surface area contributed by atoms with Gasteiger partial charge in [0.1, 0.15) is 5.54 Å². The summed E-state index contributed by atoms with van der Waals surface area (Å²) in [6.45, 7) is 3.67. The molecule has 1 aliphatic heterocycles. The summed E-state index contributed by atoms with van der Waals surface area (Å²) >= 11 is 0. The van der Waals surface area contributed by atoms with Crippen LogP contribution in [0.3, 0.4) is 0 Å². The van der Waals surface area contributed by atoms with E-state index in [4.69, 9.17) is 0 Å². The summed E-state index contributed by atoms with van der Waals surface area (Å²) in [5, 5.41) is 3.16. The quantitative estimate of drug-likeness (QED) is 0.749. The highest BCUT2D eigenvalue weighted by atomic mass is 32.2. The molecule has 172 valence electrons. The van der Waals surface area contributed by atoms with Gasteiger partial charge in [-0.15, -0.1) is 0 Å². The van der Waals surface area contributed by atoms with E-state index in [0.29, 0.717) is 0 Å². The third-order valence-electron chi connectivity index (χ3n) is 6.55. The largest absolute Gasteiger partial charge is 0.351 e. The van der Waals surface area contributed by atoms with Gasteiger partial charge < -0.3 is 10.2 Å². The van der Waals surface area contributed by atoms with Gasteiger partial charge in [-0.2, -0.15) is 4.31 Å². The van der Waals surface area contributed by atoms with Gasteiger partial charge in [-0.3, -0.25) is 9.59 Å². The van der Waals surface area contributed by atoms with Gasteiger partial charge in [-0.1, -0.05) is 61.9 Å². The molecule has 1 aliphatic carbocycles. The van der Waals surface area contributed by atoms with Gasteiger partial charge in [-0.25, -0.2) is 8.42 Å². The van der Waals surface area contributed by atoms with E-state index in [9.17, 15) is 18.0 Å². The summed E-state index contributed by atoms with van der Waals surface area (Å²) in [7, 11) is -3.60. The molecule has 1 aromatic carbocycles. The maximum atomic E-state index is 13.5. The normalized spacial score (nSPS) is 24.5. The van der Waals surface area contributed by atoms with Crippen molar-refractivity contribution < 1.29 is 18.0 Å². The zero-order chi connectivity index (χ0) is 22.6. The lowest BCUT2D eigenvalue weighted by Gasteiger charge is -2.47. The highest BCUT2D eigenvalue weighted by Crippen LogP contribution is 2.28. The van der Waals surface area contributed by atoms with Crippen molar-refractivity contribution in [1.82, 2.24) is 14.5 Å². The van der Waals surface area contributed by atoms with Crippen LogP contribution in [-0.2, 0) is 26.2 Å². The minimum atomic E-state index is -3.60. The molecule has 31 heavy (non-hydrogen) atoms. The first-order valence-corrected chi connectivity index (χ1v) is 13.1. The number of nitrogens with zero attached hydrogens (tertiary/aromatic N) is 2. The van der Waals surface area contributed by atoms with Crippen molar-refractivity contribution in [1.29, 1.82) is 0 Å². The smallest absolute Gasteiger partial charge is 0.247 e. The summed E-state index contributed by atoms with van der Waals surface area (Å²) in [5.41, 5.74) is 0.754. The number of nitrogens with one attached hydrogen (secondary N) is 1. The molecule has 0 radical (unpaired) electrons. The number of carbonyl (C=O) groups is 2. The Morgan fingerprint density at radius 3 is 2.26 bits per heavy atom. The Bertz CT molecular complexity index is 892. The van der Waals surface area contributed by atoms with Crippen LogP contribution in [0.4, 0.5) is 0 Å². The summed E-state index contributed by atoms with van der Waals surface area (Å²) < 4.78 is 25.6. The van der Waals surface area contributed by atoms with Gasteiger partial charge in [0.05, 0.1) is 12.8 Å². The van der Waals surface area contributed by atoms with Gasteiger partial charge >= 0.3 is 0 Å². The average Bonchev–Trinajstić information content (AvgIpc) is 2.67. The molecule has 1 aromatic rings. The van der Waals surface area contributed by atoms with Crippen LogP contribution in [0.25, 0.3) is 0 Å².